The van der Waals surface area contributed by atoms with Crippen molar-refractivity contribution >= 4 is 5.82 Å². The van der Waals surface area contributed by atoms with Gasteiger partial charge in [0.25, 0.3) is 0 Å². The first-order chi connectivity index (χ1) is 8.45. The van der Waals surface area contributed by atoms with Crippen LogP contribution in [-0.2, 0) is 4.74 Å². The molecule has 1 aliphatic heterocycles. The van der Waals surface area contributed by atoms with E-state index in [9.17, 15) is 15.0 Å². The van der Waals surface area contributed by atoms with Crippen LogP contribution >= 0.6 is 0 Å². The highest BCUT2D eigenvalue weighted by molar-refractivity contribution is 5.47. The molecule has 1 aromatic rings. The van der Waals surface area contributed by atoms with E-state index >= 15 is 0 Å². The first-order valence-corrected chi connectivity index (χ1v) is 5.32. The summed E-state index contributed by atoms with van der Waals surface area (Å²) >= 11 is 0. The van der Waals surface area contributed by atoms with Crippen LogP contribution in [0.1, 0.15) is 18.7 Å². The van der Waals surface area contributed by atoms with Crippen molar-refractivity contribution in [3.63, 3.8) is 0 Å². The Labute approximate surface area is 103 Å². The molecular formula is C11H13N3O4. The lowest BCUT2D eigenvalue weighted by Gasteiger charge is -2.17. The Morgan fingerprint density at radius 3 is 2.72 bits per heavy atom. The van der Waals surface area contributed by atoms with Crippen LogP contribution in [0.25, 0.3) is 0 Å². The number of aliphatic hydroxyl groups is 2. The molecule has 0 saturated carbocycles. The fourth-order valence-electron chi connectivity index (χ4n) is 1.83. The molecule has 7 heteroatoms. The molecule has 1 aliphatic rings. The lowest BCUT2D eigenvalue weighted by Crippen LogP contribution is -2.35. The van der Waals surface area contributed by atoms with Crippen LogP contribution in [0.15, 0.2) is 11.0 Å². The number of anilines is 1. The first-order valence-electron chi connectivity index (χ1n) is 5.32. The molecule has 0 radical (unpaired) electrons. The van der Waals surface area contributed by atoms with Crippen molar-refractivity contribution in [3.8, 4) is 12.3 Å². The van der Waals surface area contributed by atoms with Crippen LogP contribution in [0.5, 0.6) is 0 Å². The van der Waals surface area contributed by atoms with Crippen molar-refractivity contribution in [2.75, 3.05) is 5.73 Å². The van der Waals surface area contributed by atoms with Crippen LogP contribution in [0.3, 0.4) is 0 Å². The summed E-state index contributed by atoms with van der Waals surface area (Å²) in [5, 5.41) is 19.4. The van der Waals surface area contributed by atoms with Gasteiger partial charge >= 0.3 is 5.69 Å². The van der Waals surface area contributed by atoms with E-state index in [0.29, 0.717) is 0 Å². The van der Waals surface area contributed by atoms with Crippen LogP contribution in [0.2, 0.25) is 0 Å². The van der Waals surface area contributed by atoms with Gasteiger partial charge in [-0.2, -0.15) is 4.98 Å². The highest BCUT2D eigenvalue weighted by Crippen LogP contribution is 2.28. The van der Waals surface area contributed by atoms with E-state index in [0.717, 1.165) is 4.57 Å². The summed E-state index contributed by atoms with van der Waals surface area (Å²) in [7, 11) is 0. The zero-order valence-electron chi connectivity index (χ0n) is 9.65. The molecule has 4 atom stereocenters. The Hall–Kier alpha value is -1.88. The van der Waals surface area contributed by atoms with Crippen LogP contribution < -0.4 is 11.4 Å². The molecule has 18 heavy (non-hydrogen) atoms. The molecule has 7 nitrogen and oxygen atoms in total. The summed E-state index contributed by atoms with van der Waals surface area (Å²) in [6.07, 6.45) is 2.58. The maximum Gasteiger partial charge on any atom is 0.351 e. The van der Waals surface area contributed by atoms with Gasteiger partial charge in [-0.15, -0.1) is 6.42 Å². The fraction of sp³-hybridized carbons (Fsp3) is 0.455. The number of aromatic nitrogens is 2. The Kier molecular flexibility index (Phi) is 3.09. The van der Waals surface area contributed by atoms with Gasteiger partial charge in [-0.25, -0.2) is 4.79 Å². The number of rotatable bonds is 1. The van der Waals surface area contributed by atoms with Crippen molar-refractivity contribution in [2.24, 2.45) is 0 Å². The second-order valence-corrected chi connectivity index (χ2v) is 4.09. The standard InChI is InChI=1S/C11H13N3O4/c1-3-6-4-14(11(17)13-9(6)12)10-8(16)7(15)5(2)18-10/h1,4-5,7-8,10,15-16H,2H3,(H2,12,13,17)/t5-,7-,8-,10-/m1/s1. The number of hydrogen-bond acceptors (Lipinski definition) is 6. The van der Waals surface area contributed by atoms with E-state index in [1.807, 2.05) is 0 Å². The van der Waals surface area contributed by atoms with Gasteiger partial charge in [-0.05, 0) is 6.92 Å². The van der Waals surface area contributed by atoms with Gasteiger partial charge in [0.2, 0.25) is 0 Å². The van der Waals surface area contributed by atoms with E-state index in [-0.39, 0.29) is 11.4 Å². The van der Waals surface area contributed by atoms with Crippen LogP contribution in [0.4, 0.5) is 5.82 Å². The minimum atomic E-state index is -1.23. The van der Waals surface area contributed by atoms with Gasteiger partial charge in [-0.3, -0.25) is 4.57 Å². The molecule has 0 amide bonds. The fourth-order valence-corrected chi connectivity index (χ4v) is 1.83. The summed E-state index contributed by atoms with van der Waals surface area (Å²) in [6.45, 7) is 1.59. The van der Waals surface area contributed by atoms with E-state index in [2.05, 4.69) is 10.9 Å². The minimum absolute atomic E-state index is 0.0557. The number of nitrogens with zero attached hydrogens (tertiary/aromatic N) is 2. The third-order valence-electron chi connectivity index (χ3n) is 2.89. The van der Waals surface area contributed by atoms with E-state index in [1.165, 1.54) is 6.20 Å². The van der Waals surface area contributed by atoms with Gasteiger partial charge in [0, 0.05) is 6.20 Å². The molecular weight excluding hydrogens is 238 g/mol. The lowest BCUT2D eigenvalue weighted by molar-refractivity contribution is -0.0350. The molecule has 96 valence electrons. The Morgan fingerprint density at radius 2 is 2.22 bits per heavy atom. The maximum atomic E-state index is 11.7. The Bertz CT molecular complexity index is 562. The van der Waals surface area contributed by atoms with Gasteiger partial charge in [0.15, 0.2) is 6.23 Å². The number of aliphatic hydroxyl groups excluding tert-OH is 2. The second-order valence-electron chi connectivity index (χ2n) is 4.09. The van der Waals surface area contributed by atoms with Gasteiger partial charge < -0.3 is 20.7 Å². The third-order valence-corrected chi connectivity index (χ3v) is 2.89. The molecule has 0 aliphatic carbocycles. The van der Waals surface area contributed by atoms with Crippen LogP contribution in [-0.4, -0.2) is 38.1 Å². The van der Waals surface area contributed by atoms with Gasteiger partial charge in [0.05, 0.1) is 11.7 Å². The van der Waals surface area contributed by atoms with Crippen molar-refractivity contribution in [2.45, 2.75) is 31.5 Å². The summed E-state index contributed by atoms with van der Waals surface area (Å²) in [6, 6.07) is 0. The quantitative estimate of drug-likeness (QED) is 0.521. The second kappa shape index (κ2) is 4.42. The number of ether oxygens (including phenoxy) is 1. The third kappa shape index (κ3) is 1.86. The largest absolute Gasteiger partial charge is 0.388 e. The number of nitrogen functional groups attached to an aromatic ring is 1. The molecule has 1 aromatic heterocycles. The van der Waals surface area contributed by atoms with Gasteiger partial charge in [-0.1, -0.05) is 5.92 Å². The van der Waals surface area contributed by atoms with E-state index < -0.39 is 30.2 Å². The summed E-state index contributed by atoms with van der Waals surface area (Å²) in [5.74, 6) is 2.22. The predicted molar refractivity (Wildman–Crippen MR) is 62.4 cm³/mol. The molecule has 1 saturated heterocycles. The van der Waals surface area contributed by atoms with Gasteiger partial charge in [0.1, 0.15) is 18.0 Å². The van der Waals surface area contributed by atoms with E-state index in [4.69, 9.17) is 16.9 Å². The summed E-state index contributed by atoms with van der Waals surface area (Å²) < 4.78 is 6.34. The monoisotopic (exact) mass is 251 g/mol. The smallest absolute Gasteiger partial charge is 0.351 e. The molecule has 0 spiro atoms. The molecule has 4 N–H and O–H groups in total. The van der Waals surface area contributed by atoms with Crippen molar-refractivity contribution in [3.05, 3.63) is 22.2 Å². The van der Waals surface area contributed by atoms with Crippen LogP contribution in [0, 0.1) is 12.3 Å². The number of terminal acetylenes is 1. The number of hydrogen-bond donors (Lipinski definition) is 3. The zero-order chi connectivity index (χ0) is 13.4. The Balaban J connectivity index is 2.47. The predicted octanol–water partition coefficient (Wildman–Crippen LogP) is -1.55. The lowest BCUT2D eigenvalue weighted by atomic mass is 10.1. The minimum Gasteiger partial charge on any atom is -0.388 e. The average Bonchev–Trinajstić information content (AvgIpc) is 2.57. The molecule has 2 heterocycles. The summed E-state index contributed by atoms with van der Waals surface area (Å²) in [5.41, 5.74) is 4.99. The first kappa shape index (κ1) is 12.6. The average molecular weight is 251 g/mol. The van der Waals surface area contributed by atoms with Crippen molar-refractivity contribution < 1.29 is 14.9 Å². The molecule has 1 fully saturated rings. The topological polar surface area (TPSA) is 111 Å². The molecule has 0 bridgehead atoms. The SMILES string of the molecule is C#Cc1cn([C@@H]2O[C@H](C)[C@@H](O)[C@H]2O)c(=O)nc1N. The van der Waals surface area contributed by atoms with E-state index in [1.54, 1.807) is 6.92 Å². The highest BCUT2D eigenvalue weighted by atomic mass is 16.6. The molecule has 0 unspecified atom stereocenters. The normalized spacial score (nSPS) is 31.2. The summed E-state index contributed by atoms with van der Waals surface area (Å²) in [4.78, 5) is 15.2. The zero-order valence-corrected chi connectivity index (χ0v) is 9.65. The van der Waals surface area contributed by atoms with Crippen molar-refractivity contribution in [1.82, 2.24) is 9.55 Å². The Morgan fingerprint density at radius 1 is 1.56 bits per heavy atom. The molecule has 2 rings (SSSR count). The number of nitrogens with two attached hydrogens (primary N) is 1. The molecule has 0 aromatic carbocycles. The van der Waals surface area contributed by atoms with Crippen molar-refractivity contribution in [1.29, 1.82) is 0 Å². The highest BCUT2D eigenvalue weighted by Gasteiger charge is 2.41. The maximum absolute atomic E-state index is 11.7.